The Labute approximate surface area is 78.1 Å². The maximum Gasteiger partial charge on any atom is 0.194 e. The van der Waals surface area contributed by atoms with Crippen LogP contribution in [0.1, 0.15) is 18.1 Å². The fourth-order valence-corrected chi connectivity index (χ4v) is 1.09. The molecule has 0 aliphatic rings. The van der Waals surface area contributed by atoms with E-state index in [0.717, 1.165) is 37.5 Å². The second-order valence-corrected chi connectivity index (χ2v) is 2.86. The van der Waals surface area contributed by atoms with Gasteiger partial charge >= 0.3 is 0 Å². The summed E-state index contributed by atoms with van der Waals surface area (Å²) < 4.78 is 10.4. The molecule has 0 saturated heterocycles. The van der Waals surface area contributed by atoms with Gasteiger partial charge in [-0.15, -0.1) is 0 Å². The highest BCUT2D eigenvalue weighted by molar-refractivity contribution is 4.94. The number of aromatic nitrogens is 1. The van der Waals surface area contributed by atoms with E-state index in [1.54, 1.807) is 13.3 Å². The van der Waals surface area contributed by atoms with Crippen molar-refractivity contribution in [3.05, 3.63) is 17.8 Å². The van der Waals surface area contributed by atoms with Gasteiger partial charge in [-0.05, 0) is 13.0 Å². The summed E-state index contributed by atoms with van der Waals surface area (Å²) in [6.07, 6.45) is 4.28. The number of rotatable bonds is 6. The molecule has 0 unspecified atom stereocenters. The van der Waals surface area contributed by atoms with E-state index in [1.807, 2.05) is 0 Å². The van der Waals surface area contributed by atoms with Crippen molar-refractivity contribution in [1.29, 1.82) is 0 Å². The molecule has 0 bridgehead atoms. The molecule has 4 nitrogen and oxygen atoms in total. The molecule has 0 fully saturated rings. The van der Waals surface area contributed by atoms with E-state index in [2.05, 4.69) is 4.98 Å². The van der Waals surface area contributed by atoms with E-state index in [1.165, 1.54) is 0 Å². The van der Waals surface area contributed by atoms with Gasteiger partial charge in [0.1, 0.15) is 5.76 Å². The third kappa shape index (κ3) is 3.57. The zero-order valence-corrected chi connectivity index (χ0v) is 7.95. The molecule has 1 aromatic rings. The Morgan fingerprint density at radius 2 is 2.38 bits per heavy atom. The van der Waals surface area contributed by atoms with E-state index in [-0.39, 0.29) is 0 Å². The molecule has 1 rings (SSSR count). The number of methoxy groups -OCH3 is 1. The van der Waals surface area contributed by atoms with Crippen LogP contribution >= 0.6 is 0 Å². The van der Waals surface area contributed by atoms with Crippen LogP contribution in [0.15, 0.2) is 10.6 Å². The van der Waals surface area contributed by atoms with Gasteiger partial charge in [0.2, 0.25) is 0 Å². The smallest absolute Gasteiger partial charge is 0.194 e. The van der Waals surface area contributed by atoms with E-state index >= 15 is 0 Å². The van der Waals surface area contributed by atoms with Crippen LogP contribution in [-0.4, -0.2) is 25.2 Å². The topological polar surface area (TPSA) is 61.3 Å². The van der Waals surface area contributed by atoms with Crippen LogP contribution in [0.25, 0.3) is 0 Å². The third-order valence-electron chi connectivity index (χ3n) is 1.73. The lowest BCUT2D eigenvalue weighted by Gasteiger charge is -1.95. The van der Waals surface area contributed by atoms with Gasteiger partial charge in [0.25, 0.3) is 0 Å². The summed E-state index contributed by atoms with van der Waals surface area (Å²) in [4.78, 5) is 4.13. The predicted molar refractivity (Wildman–Crippen MR) is 49.5 cm³/mol. The molecule has 2 N–H and O–H groups in total. The summed E-state index contributed by atoms with van der Waals surface area (Å²) in [6.45, 7) is 1.35. The molecule has 0 aliphatic carbocycles. The number of nitrogens with two attached hydrogens (primary N) is 1. The minimum atomic E-state index is 0.604. The summed E-state index contributed by atoms with van der Waals surface area (Å²) in [5, 5.41) is 0. The molecule has 0 aliphatic heterocycles. The van der Waals surface area contributed by atoms with Gasteiger partial charge in [-0.1, -0.05) is 0 Å². The van der Waals surface area contributed by atoms with Gasteiger partial charge in [0, 0.05) is 26.6 Å². The van der Waals surface area contributed by atoms with Crippen molar-refractivity contribution in [2.45, 2.75) is 19.3 Å². The summed E-state index contributed by atoms with van der Waals surface area (Å²) in [7, 11) is 1.69. The molecule has 0 radical (unpaired) electrons. The minimum Gasteiger partial charge on any atom is -0.446 e. The van der Waals surface area contributed by atoms with Gasteiger partial charge < -0.3 is 14.9 Å². The lowest BCUT2D eigenvalue weighted by molar-refractivity contribution is 0.192. The third-order valence-corrected chi connectivity index (χ3v) is 1.73. The van der Waals surface area contributed by atoms with Crippen molar-refractivity contribution in [3.8, 4) is 0 Å². The fraction of sp³-hybridized carbons (Fsp3) is 0.667. The first-order valence-corrected chi connectivity index (χ1v) is 4.49. The number of oxazole rings is 1. The molecule has 0 atom stereocenters. The number of hydrogen-bond donors (Lipinski definition) is 1. The highest BCUT2D eigenvalue weighted by Crippen LogP contribution is 2.05. The van der Waals surface area contributed by atoms with Gasteiger partial charge in [-0.25, -0.2) is 4.98 Å². The van der Waals surface area contributed by atoms with Crippen molar-refractivity contribution >= 4 is 0 Å². The Morgan fingerprint density at radius 3 is 3.08 bits per heavy atom. The first-order chi connectivity index (χ1) is 6.36. The van der Waals surface area contributed by atoms with Crippen molar-refractivity contribution < 1.29 is 9.15 Å². The van der Waals surface area contributed by atoms with E-state index < -0.39 is 0 Å². The summed E-state index contributed by atoms with van der Waals surface area (Å²) in [5.74, 6) is 1.65. The molecule has 0 amide bonds. The predicted octanol–water partition coefficient (Wildman–Crippen LogP) is 0.755. The lowest BCUT2D eigenvalue weighted by Crippen LogP contribution is -2.01. The zero-order valence-electron chi connectivity index (χ0n) is 7.95. The molecular formula is C9H16N2O2. The summed E-state index contributed by atoms with van der Waals surface area (Å²) in [6, 6.07) is 0. The van der Waals surface area contributed by atoms with Crippen molar-refractivity contribution in [2.75, 3.05) is 20.3 Å². The van der Waals surface area contributed by atoms with Crippen LogP contribution in [0.2, 0.25) is 0 Å². The van der Waals surface area contributed by atoms with Crippen molar-refractivity contribution in [1.82, 2.24) is 4.98 Å². The average Bonchev–Trinajstić information content (AvgIpc) is 2.54. The number of hydrogen-bond acceptors (Lipinski definition) is 4. The van der Waals surface area contributed by atoms with Gasteiger partial charge in [-0.2, -0.15) is 0 Å². The van der Waals surface area contributed by atoms with Gasteiger partial charge in [0.05, 0.1) is 6.20 Å². The number of nitrogens with zero attached hydrogens (tertiary/aromatic N) is 1. The van der Waals surface area contributed by atoms with Gasteiger partial charge in [0.15, 0.2) is 5.89 Å². The quantitative estimate of drug-likeness (QED) is 0.663. The van der Waals surface area contributed by atoms with Crippen LogP contribution < -0.4 is 5.73 Å². The highest BCUT2D eigenvalue weighted by atomic mass is 16.5. The molecule has 0 aromatic carbocycles. The minimum absolute atomic E-state index is 0.604. The standard InChI is InChI=1S/C9H16N2O2/c1-12-6-2-3-9-11-7-8(13-9)4-5-10/h7H,2-6,10H2,1H3. The number of aryl methyl sites for hydroxylation is 1. The highest BCUT2D eigenvalue weighted by Gasteiger charge is 2.02. The number of ether oxygens (including phenoxy) is 1. The molecule has 1 aromatic heterocycles. The fourth-order valence-electron chi connectivity index (χ4n) is 1.09. The van der Waals surface area contributed by atoms with Crippen LogP contribution in [0.4, 0.5) is 0 Å². The van der Waals surface area contributed by atoms with Crippen LogP contribution in [0.3, 0.4) is 0 Å². The Morgan fingerprint density at radius 1 is 1.54 bits per heavy atom. The zero-order chi connectivity index (χ0) is 9.52. The summed E-state index contributed by atoms with van der Waals surface area (Å²) >= 11 is 0. The van der Waals surface area contributed by atoms with Crippen molar-refractivity contribution in [2.24, 2.45) is 5.73 Å². The van der Waals surface area contributed by atoms with Gasteiger partial charge in [-0.3, -0.25) is 0 Å². The van der Waals surface area contributed by atoms with Crippen LogP contribution in [0.5, 0.6) is 0 Å². The molecule has 74 valence electrons. The monoisotopic (exact) mass is 184 g/mol. The van der Waals surface area contributed by atoms with Crippen LogP contribution in [0, 0.1) is 0 Å². The van der Waals surface area contributed by atoms with E-state index in [9.17, 15) is 0 Å². The largest absolute Gasteiger partial charge is 0.446 e. The normalized spacial score (nSPS) is 10.6. The lowest BCUT2D eigenvalue weighted by atomic mass is 10.3. The molecule has 13 heavy (non-hydrogen) atoms. The molecule has 0 spiro atoms. The maximum atomic E-state index is 5.42. The van der Waals surface area contributed by atoms with E-state index in [0.29, 0.717) is 6.54 Å². The SMILES string of the molecule is COCCCc1ncc(CCN)o1. The Balaban J connectivity index is 2.31. The molecule has 4 heteroatoms. The Hall–Kier alpha value is -0.870. The Kier molecular flexibility index (Phi) is 4.49. The molecule has 0 saturated carbocycles. The first kappa shape index (κ1) is 10.2. The molecule has 1 heterocycles. The summed E-state index contributed by atoms with van der Waals surface area (Å²) in [5.41, 5.74) is 5.38. The van der Waals surface area contributed by atoms with E-state index in [4.69, 9.17) is 14.9 Å². The second kappa shape index (κ2) is 5.72. The Bertz CT molecular complexity index is 235. The molecular weight excluding hydrogens is 168 g/mol. The van der Waals surface area contributed by atoms with Crippen LogP contribution in [-0.2, 0) is 17.6 Å². The first-order valence-electron chi connectivity index (χ1n) is 4.49. The second-order valence-electron chi connectivity index (χ2n) is 2.86. The maximum absolute atomic E-state index is 5.42. The van der Waals surface area contributed by atoms with Crippen molar-refractivity contribution in [3.63, 3.8) is 0 Å². The average molecular weight is 184 g/mol.